The van der Waals surface area contributed by atoms with Gasteiger partial charge < -0.3 is 15.2 Å². The molecule has 8 nitrogen and oxygen atoms in total. The van der Waals surface area contributed by atoms with E-state index in [0.717, 1.165) is 30.8 Å². The smallest absolute Gasteiger partial charge is 0.269 e. The molecule has 3 aromatic heterocycles. The number of aromatic nitrogens is 3. The number of fused-ring (bicyclic) bond motifs is 3. The van der Waals surface area contributed by atoms with E-state index in [-0.39, 0.29) is 22.5 Å². The lowest BCUT2D eigenvalue weighted by atomic mass is 9.86. The number of carbonyl (C=O) groups excluding carboxylic acids is 1. The van der Waals surface area contributed by atoms with Crippen molar-refractivity contribution in [1.82, 2.24) is 25.2 Å². The molecule has 3 aliphatic rings. The molecule has 3 fully saturated rings. The van der Waals surface area contributed by atoms with Crippen LogP contribution in [0.1, 0.15) is 35.0 Å². The molecule has 2 bridgehead atoms. The lowest BCUT2D eigenvalue weighted by molar-refractivity contribution is -0.00849. The van der Waals surface area contributed by atoms with Gasteiger partial charge in [-0.3, -0.25) is 19.5 Å². The largest absolute Gasteiger partial charge is 0.367 e. The lowest BCUT2D eigenvalue weighted by Crippen LogP contribution is -2.68. The number of nitrogens with zero attached hydrogens (tertiary/aromatic N) is 4. The van der Waals surface area contributed by atoms with Gasteiger partial charge in [-0.05, 0) is 36.6 Å². The third-order valence-electron chi connectivity index (χ3n) is 6.58. The fraction of sp³-hybridized carbons (Fsp3) is 0.391. The van der Waals surface area contributed by atoms with Crippen LogP contribution in [0.5, 0.6) is 0 Å². The van der Waals surface area contributed by atoms with Crippen LogP contribution >= 0.6 is 0 Å². The van der Waals surface area contributed by atoms with E-state index in [0.29, 0.717) is 36.3 Å². The van der Waals surface area contributed by atoms with E-state index in [2.05, 4.69) is 30.1 Å². The van der Waals surface area contributed by atoms with E-state index >= 15 is 0 Å². The molecule has 9 heteroatoms. The minimum atomic E-state index is -0.523. The summed E-state index contributed by atoms with van der Waals surface area (Å²) in [5, 5.41) is 2.58. The van der Waals surface area contributed by atoms with Gasteiger partial charge in [0, 0.05) is 45.0 Å². The van der Waals surface area contributed by atoms with Gasteiger partial charge in [0.2, 0.25) is 0 Å². The Bertz CT molecular complexity index is 1230. The summed E-state index contributed by atoms with van der Waals surface area (Å²) < 4.78 is 14.6. The summed E-state index contributed by atoms with van der Waals surface area (Å²) in [5.74, 6) is -0.717. The highest BCUT2D eigenvalue weighted by atomic mass is 19.1. The Labute approximate surface area is 184 Å². The molecule has 0 spiro atoms. The second-order valence-corrected chi connectivity index (χ2v) is 8.44. The Morgan fingerprint density at radius 2 is 2.03 bits per heavy atom. The van der Waals surface area contributed by atoms with Crippen molar-refractivity contribution < 1.29 is 9.18 Å². The Morgan fingerprint density at radius 3 is 2.69 bits per heavy atom. The first-order valence-corrected chi connectivity index (χ1v) is 10.9. The zero-order chi connectivity index (χ0) is 22.4. The van der Waals surface area contributed by atoms with Gasteiger partial charge in [0.25, 0.3) is 11.5 Å². The molecule has 0 aromatic carbocycles. The SMILES string of the molecule is CCc1c(F)c2ncc(CN3C4CC3CN(c3ccc(C(=O)NC)nc3)C4)cc2[nH]c1=O. The first-order chi connectivity index (χ1) is 15.5. The van der Waals surface area contributed by atoms with Gasteiger partial charge in [-0.1, -0.05) is 6.92 Å². The summed E-state index contributed by atoms with van der Waals surface area (Å²) in [5.41, 5.74) is 2.79. The van der Waals surface area contributed by atoms with Crippen LogP contribution in [-0.4, -0.2) is 58.0 Å². The second-order valence-electron chi connectivity index (χ2n) is 8.44. The van der Waals surface area contributed by atoms with Gasteiger partial charge in [0.1, 0.15) is 11.2 Å². The summed E-state index contributed by atoms with van der Waals surface area (Å²) in [4.78, 5) is 39.9. The molecule has 0 saturated carbocycles. The molecule has 2 atom stereocenters. The topological polar surface area (TPSA) is 94.2 Å². The number of rotatable bonds is 5. The van der Waals surface area contributed by atoms with Crippen molar-refractivity contribution in [3.63, 3.8) is 0 Å². The average molecular weight is 436 g/mol. The highest BCUT2D eigenvalue weighted by Gasteiger charge is 2.44. The molecule has 6 rings (SSSR count). The van der Waals surface area contributed by atoms with Gasteiger partial charge in [-0.15, -0.1) is 0 Å². The number of nitrogens with one attached hydrogen (secondary N) is 2. The molecule has 1 amide bonds. The second kappa shape index (κ2) is 7.98. The zero-order valence-electron chi connectivity index (χ0n) is 18.1. The van der Waals surface area contributed by atoms with Crippen LogP contribution in [0.4, 0.5) is 10.1 Å². The number of carbonyl (C=O) groups is 1. The summed E-state index contributed by atoms with van der Waals surface area (Å²) in [6.45, 7) is 4.22. The van der Waals surface area contributed by atoms with Gasteiger partial charge in [0.15, 0.2) is 5.82 Å². The van der Waals surface area contributed by atoms with Crippen LogP contribution in [-0.2, 0) is 13.0 Å². The number of piperidine rings is 1. The van der Waals surface area contributed by atoms with Gasteiger partial charge in [0.05, 0.1) is 23.0 Å². The maximum atomic E-state index is 14.6. The molecule has 3 aliphatic heterocycles. The molecular formula is C23H25FN6O2. The quantitative estimate of drug-likeness (QED) is 0.634. The third kappa shape index (κ3) is 3.42. The molecule has 6 heterocycles. The average Bonchev–Trinajstić information content (AvgIpc) is 2.82. The van der Waals surface area contributed by atoms with Crippen LogP contribution in [0.3, 0.4) is 0 Å². The van der Waals surface area contributed by atoms with Crippen LogP contribution < -0.4 is 15.8 Å². The van der Waals surface area contributed by atoms with Crippen LogP contribution in [0, 0.1) is 5.82 Å². The van der Waals surface area contributed by atoms with Gasteiger partial charge in [-0.2, -0.15) is 0 Å². The number of hydrogen-bond donors (Lipinski definition) is 2. The molecular weight excluding hydrogens is 411 g/mol. The molecule has 3 saturated heterocycles. The van der Waals surface area contributed by atoms with Crippen molar-refractivity contribution in [3.05, 3.63) is 63.6 Å². The number of piperazine rings is 1. The van der Waals surface area contributed by atoms with Crippen LogP contribution in [0.2, 0.25) is 0 Å². The number of hydrogen-bond acceptors (Lipinski definition) is 6. The van der Waals surface area contributed by atoms with E-state index in [4.69, 9.17) is 0 Å². The van der Waals surface area contributed by atoms with Crippen LogP contribution in [0.15, 0.2) is 35.4 Å². The zero-order valence-corrected chi connectivity index (χ0v) is 18.1. The molecule has 3 aromatic rings. The number of amides is 1. The number of aromatic amines is 1. The molecule has 166 valence electrons. The number of H-pyrrole nitrogens is 1. The molecule has 32 heavy (non-hydrogen) atoms. The Hall–Kier alpha value is -3.33. The minimum absolute atomic E-state index is 0.146. The minimum Gasteiger partial charge on any atom is -0.367 e. The molecule has 2 N–H and O–H groups in total. The van der Waals surface area contributed by atoms with Crippen molar-refractivity contribution in [2.75, 3.05) is 25.0 Å². The number of pyridine rings is 3. The predicted molar refractivity (Wildman–Crippen MR) is 119 cm³/mol. The standard InChI is InChI=1S/C23H25FN6O2/c1-3-17-20(24)21-19(28-22(17)31)6-13(8-27-21)10-30-15-7-16(30)12-29(11-15)14-4-5-18(26-9-14)23(32)25-2/h4-6,8-9,15-16H,3,7,10-12H2,1-2H3,(H,25,32)(H,28,31). The van der Waals surface area contributed by atoms with Crippen molar-refractivity contribution in [2.24, 2.45) is 0 Å². The monoisotopic (exact) mass is 436 g/mol. The normalized spacial score (nSPS) is 20.3. The molecule has 0 radical (unpaired) electrons. The van der Waals surface area contributed by atoms with Crippen molar-refractivity contribution in [1.29, 1.82) is 0 Å². The van der Waals surface area contributed by atoms with E-state index in [9.17, 15) is 14.0 Å². The third-order valence-corrected chi connectivity index (χ3v) is 6.58. The summed E-state index contributed by atoms with van der Waals surface area (Å²) in [7, 11) is 1.59. The highest BCUT2D eigenvalue weighted by Crippen LogP contribution is 2.35. The Kier molecular flexibility index (Phi) is 5.13. The summed E-state index contributed by atoms with van der Waals surface area (Å²) in [6, 6.07) is 6.33. The first-order valence-electron chi connectivity index (χ1n) is 10.9. The number of anilines is 1. The molecule has 2 unspecified atom stereocenters. The summed E-state index contributed by atoms with van der Waals surface area (Å²) >= 11 is 0. The lowest BCUT2D eigenvalue weighted by Gasteiger charge is -2.57. The fourth-order valence-electron chi connectivity index (χ4n) is 4.82. The van der Waals surface area contributed by atoms with Crippen molar-refractivity contribution >= 4 is 22.6 Å². The maximum Gasteiger partial charge on any atom is 0.269 e. The first kappa shape index (κ1) is 20.6. The summed E-state index contributed by atoms with van der Waals surface area (Å²) in [6.07, 6.45) is 4.92. The fourth-order valence-corrected chi connectivity index (χ4v) is 4.82. The van der Waals surface area contributed by atoms with Crippen molar-refractivity contribution in [2.45, 2.75) is 38.4 Å². The van der Waals surface area contributed by atoms with E-state index in [1.165, 1.54) is 0 Å². The molecule has 0 aliphatic carbocycles. The van der Waals surface area contributed by atoms with E-state index < -0.39 is 5.82 Å². The Morgan fingerprint density at radius 1 is 1.25 bits per heavy atom. The highest BCUT2D eigenvalue weighted by molar-refractivity contribution is 5.92. The number of halogens is 1. The Balaban J connectivity index is 1.29. The van der Waals surface area contributed by atoms with Crippen LogP contribution in [0.25, 0.3) is 11.0 Å². The van der Waals surface area contributed by atoms with Gasteiger partial charge in [-0.25, -0.2) is 9.37 Å². The van der Waals surface area contributed by atoms with E-state index in [1.807, 2.05) is 12.1 Å². The maximum absolute atomic E-state index is 14.6. The van der Waals surface area contributed by atoms with E-state index in [1.54, 1.807) is 32.4 Å². The van der Waals surface area contributed by atoms with Gasteiger partial charge >= 0.3 is 0 Å². The predicted octanol–water partition coefficient (Wildman–Crippen LogP) is 1.84. The van der Waals surface area contributed by atoms with Crippen molar-refractivity contribution in [3.8, 4) is 0 Å².